The number of amides is 1. The fourth-order valence-electron chi connectivity index (χ4n) is 2.98. The van der Waals surface area contributed by atoms with Gasteiger partial charge in [-0.2, -0.15) is 0 Å². The van der Waals surface area contributed by atoms with E-state index in [1.54, 1.807) is 0 Å². The van der Waals surface area contributed by atoms with Crippen LogP contribution in [0.4, 0.5) is 17.1 Å². The third kappa shape index (κ3) is 3.80. The number of aryl methyl sites for hydroxylation is 1. The van der Waals surface area contributed by atoms with Crippen LogP contribution in [-0.4, -0.2) is 11.0 Å². The predicted octanol–water partition coefficient (Wildman–Crippen LogP) is 5.00. The maximum Gasteiger partial charge on any atom is 0.281 e. The van der Waals surface area contributed by atoms with Gasteiger partial charge in [0, 0.05) is 11.4 Å². The van der Waals surface area contributed by atoms with Crippen molar-refractivity contribution in [3.63, 3.8) is 0 Å². The van der Waals surface area contributed by atoms with E-state index < -0.39 is 0 Å². The first kappa shape index (κ1) is 17.9. The molecule has 0 spiro atoms. The molecule has 0 bridgehead atoms. The van der Waals surface area contributed by atoms with E-state index >= 15 is 0 Å². The zero-order valence-electron chi connectivity index (χ0n) is 15.3. The van der Waals surface area contributed by atoms with Gasteiger partial charge in [0.2, 0.25) is 0 Å². The summed E-state index contributed by atoms with van der Waals surface area (Å²) >= 11 is 5.36. The van der Waals surface area contributed by atoms with E-state index in [1.807, 2.05) is 91.9 Å². The van der Waals surface area contributed by atoms with Crippen LogP contribution in [0.25, 0.3) is 6.08 Å². The quantitative estimate of drug-likeness (QED) is 0.490. The van der Waals surface area contributed by atoms with Gasteiger partial charge in [-0.25, -0.2) is 0 Å². The van der Waals surface area contributed by atoms with Crippen molar-refractivity contribution in [3.8, 4) is 0 Å². The summed E-state index contributed by atoms with van der Waals surface area (Å²) in [7, 11) is 0. The van der Waals surface area contributed by atoms with Crippen LogP contribution in [0.1, 0.15) is 11.1 Å². The molecule has 1 fully saturated rings. The number of benzene rings is 3. The van der Waals surface area contributed by atoms with Gasteiger partial charge in [0.25, 0.3) is 5.91 Å². The van der Waals surface area contributed by atoms with E-state index in [1.165, 1.54) is 4.90 Å². The third-order valence-electron chi connectivity index (χ3n) is 4.45. The molecule has 2 N–H and O–H groups in total. The molecule has 0 atom stereocenters. The third-order valence-corrected chi connectivity index (χ3v) is 4.74. The molecule has 138 valence electrons. The lowest BCUT2D eigenvalue weighted by Crippen LogP contribution is -2.30. The molecular weight excluding hydrogens is 366 g/mol. The van der Waals surface area contributed by atoms with Crippen LogP contribution < -0.4 is 15.5 Å². The van der Waals surface area contributed by atoms with Crippen LogP contribution in [0.5, 0.6) is 0 Å². The lowest BCUT2D eigenvalue weighted by Gasteiger charge is -2.13. The van der Waals surface area contributed by atoms with E-state index in [-0.39, 0.29) is 5.91 Å². The summed E-state index contributed by atoms with van der Waals surface area (Å²) in [4.78, 5) is 14.3. The van der Waals surface area contributed by atoms with Gasteiger partial charge in [0.15, 0.2) is 5.11 Å². The standard InChI is InChI=1S/C23H19N3OS/c1-16-7-13-20(14-8-16)26-22(27)21(25-23(26)28)15-17-9-11-19(12-10-17)24-18-5-3-2-4-6-18/h2-15,24H,1H3,(H,25,28)/b21-15+. The van der Waals surface area contributed by atoms with Crippen LogP contribution in [0.2, 0.25) is 0 Å². The van der Waals surface area contributed by atoms with E-state index in [0.717, 1.165) is 28.2 Å². The summed E-state index contributed by atoms with van der Waals surface area (Å²) in [6, 6.07) is 25.6. The number of para-hydroxylation sites is 1. The van der Waals surface area contributed by atoms with Gasteiger partial charge < -0.3 is 10.6 Å². The highest BCUT2D eigenvalue weighted by Gasteiger charge is 2.31. The molecular formula is C23H19N3OS. The lowest BCUT2D eigenvalue weighted by atomic mass is 10.1. The van der Waals surface area contributed by atoms with Crippen molar-refractivity contribution < 1.29 is 4.79 Å². The largest absolute Gasteiger partial charge is 0.356 e. The van der Waals surface area contributed by atoms with Crippen molar-refractivity contribution in [1.82, 2.24) is 5.32 Å². The number of carbonyl (C=O) groups is 1. The fraction of sp³-hybridized carbons (Fsp3) is 0.0435. The van der Waals surface area contributed by atoms with Gasteiger partial charge in [0.1, 0.15) is 5.70 Å². The molecule has 3 aromatic carbocycles. The zero-order chi connectivity index (χ0) is 19.5. The number of thiocarbonyl (C=S) groups is 1. The van der Waals surface area contributed by atoms with Crippen LogP contribution >= 0.6 is 12.2 Å². The predicted molar refractivity (Wildman–Crippen MR) is 119 cm³/mol. The monoisotopic (exact) mass is 385 g/mol. The molecule has 1 heterocycles. The first-order valence-corrected chi connectivity index (χ1v) is 9.37. The maximum absolute atomic E-state index is 12.8. The van der Waals surface area contributed by atoms with Gasteiger partial charge in [-0.15, -0.1) is 0 Å². The van der Waals surface area contributed by atoms with Crippen molar-refractivity contribution in [1.29, 1.82) is 0 Å². The van der Waals surface area contributed by atoms with Crippen LogP contribution in [0, 0.1) is 6.92 Å². The van der Waals surface area contributed by atoms with Gasteiger partial charge in [-0.05, 0) is 67.2 Å². The van der Waals surface area contributed by atoms with Gasteiger partial charge in [-0.1, -0.05) is 48.0 Å². The smallest absolute Gasteiger partial charge is 0.281 e. The molecule has 0 unspecified atom stereocenters. The van der Waals surface area contributed by atoms with Gasteiger partial charge in [0.05, 0.1) is 5.69 Å². The number of hydrogen-bond acceptors (Lipinski definition) is 3. The van der Waals surface area contributed by atoms with Crippen LogP contribution in [-0.2, 0) is 4.79 Å². The van der Waals surface area contributed by atoms with Gasteiger partial charge in [-0.3, -0.25) is 9.69 Å². The Morgan fingerprint density at radius 3 is 2.21 bits per heavy atom. The molecule has 0 aliphatic carbocycles. The minimum Gasteiger partial charge on any atom is -0.356 e. The van der Waals surface area contributed by atoms with Crippen molar-refractivity contribution in [3.05, 3.63) is 95.7 Å². The first-order valence-electron chi connectivity index (χ1n) is 8.96. The minimum absolute atomic E-state index is 0.152. The van der Waals surface area contributed by atoms with Crippen LogP contribution in [0.3, 0.4) is 0 Å². The summed E-state index contributed by atoms with van der Waals surface area (Å²) in [5.41, 5.74) is 5.29. The number of nitrogens with zero attached hydrogens (tertiary/aromatic N) is 1. The summed E-state index contributed by atoms with van der Waals surface area (Å²) < 4.78 is 0. The first-order chi connectivity index (χ1) is 13.6. The molecule has 4 nitrogen and oxygen atoms in total. The molecule has 3 aromatic rings. The Bertz CT molecular complexity index is 1040. The van der Waals surface area contributed by atoms with E-state index in [0.29, 0.717) is 10.8 Å². The summed E-state index contributed by atoms with van der Waals surface area (Å²) in [5, 5.41) is 6.76. The van der Waals surface area contributed by atoms with E-state index in [9.17, 15) is 4.79 Å². The second kappa shape index (κ2) is 7.66. The van der Waals surface area contributed by atoms with Crippen molar-refractivity contribution in [2.75, 3.05) is 10.2 Å². The second-order valence-electron chi connectivity index (χ2n) is 6.58. The molecule has 0 aromatic heterocycles. The minimum atomic E-state index is -0.152. The number of anilines is 3. The molecule has 5 heteroatoms. The molecule has 1 amide bonds. The lowest BCUT2D eigenvalue weighted by molar-refractivity contribution is -0.113. The van der Waals surface area contributed by atoms with E-state index in [4.69, 9.17) is 12.2 Å². The summed E-state index contributed by atoms with van der Waals surface area (Å²) in [6.07, 6.45) is 1.81. The summed E-state index contributed by atoms with van der Waals surface area (Å²) in [6.45, 7) is 2.01. The van der Waals surface area contributed by atoms with Crippen LogP contribution in [0.15, 0.2) is 84.6 Å². The number of carbonyl (C=O) groups excluding carboxylic acids is 1. The number of rotatable bonds is 4. The highest BCUT2D eigenvalue weighted by molar-refractivity contribution is 7.80. The zero-order valence-corrected chi connectivity index (χ0v) is 16.2. The normalized spacial score (nSPS) is 15.0. The number of nitrogens with one attached hydrogen (secondary N) is 2. The average molecular weight is 385 g/mol. The highest BCUT2D eigenvalue weighted by atomic mass is 32.1. The Kier molecular flexibility index (Phi) is 4.91. The Labute approximate surface area is 169 Å². The highest BCUT2D eigenvalue weighted by Crippen LogP contribution is 2.23. The Morgan fingerprint density at radius 1 is 0.893 bits per heavy atom. The second-order valence-corrected chi connectivity index (χ2v) is 6.96. The van der Waals surface area contributed by atoms with Crippen molar-refractivity contribution >= 4 is 46.4 Å². The van der Waals surface area contributed by atoms with Gasteiger partial charge >= 0.3 is 0 Å². The molecule has 1 aliphatic heterocycles. The number of hydrogen-bond donors (Lipinski definition) is 2. The van der Waals surface area contributed by atoms with E-state index in [2.05, 4.69) is 10.6 Å². The van der Waals surface area contributed by atoms with Crippen molar-refractivity contribution in [2.24, 2.45) is 0 Å². The molecule has 0 radical (unpaired) electrons. The van der Waals surface area contributed by atoms with Crippen molar-refractivity contribution in [2.45, 2.75) is 6.92 Å². The molecule has 1 aliphatic rings. The molecule has 0 saturated carbocycles. The molecule has 4 rings (SSSR count). The Hall–Kier alpha value is -3.44. The SMILES string of the molecule is Cc1ccc(N2C(=O)/C(=C\c3ccc(Nc4ccccc4)cc3)NC2=S)cc1. The average Bonchev–Trinajstić information content (AvgIpc) is 2.98. The Balaban J connectivity index is 1.52. The summed E-state index contributed by atoms with van der Waals surface area (Å²) in [5.74, 6) is -0.152. The molecule has 1 saturated heterocycles. The maximum atomic E-state index is 12.8. The topological polar surface area (TPSA) is 44.4 Å². The molecule has 28 heavy (non-hydrogen) atoms. The Morgan fingerprint density at radius 2 is 1.54 bits per heavy atom. The fourth-order valence-corrected chi connectivity index (χ4v) is 3.28.